The molecule has 3 aromatic rings. The van der Waals surface area contributed by atoms with Gasteiger partial charge in [0.1, 0.15) is 12.4 Å². The van der Waals surface area contributed by atoms with Crippen molar-refractivity contribution in [3.63, 3.8) is 0 Å². The molecule has 0 aromatic carbocycles. The van der Waals surface area contributed by atoms with Gasteiger partial charge in [0, 0.05) is 18.8 Å². The number of hydrogen-bond donors (Lipinski definition) is 1. The Balaban J connectivity index is 1.66. The lowest BCUT2D eigenvalue weighted by Gasteiger charge is -2.01. The molecule has 1 N–H and O–H groups in total. The maximum absolute atomic E-state index is 12.8. The third-order valence-electron chi connectivity index (χ3n) is 2.83. The largest absolute Gasteiger partial charge is 0.306 e. The molecule has 3 heterocycles. The van der Waals surface area contributed by atoms with Crippen molar-refractivity contribution >= 4 is 11.7 Å². The van der Waals surface area contributed by atoms with Crippen molar-refractivity contribution in [3.05, 3.63) is 42.7 Å². The number of amides is 1. The Kier molecular flexibility index (Phi) is 3.60. The molecule has 0 saturated heterocycles. The van der Waals surface area contributed by atoms with Crippen LogP contribution in [0.5, 0.6) is 0 Å². The monoisotopic (exact) mass is 301 g/mol. The first kappa shape index (κ1) is 13.9. The first-order valence-electron chi connectivity index (χ1n) is 6.41. The minimum Gasteiger partial charge on any atom is -0.306 e. The van der Waals surface area contributed by atoms with Crippen LogP contribution in [0.15, 0.2) is 36.9 Å². The van der Waals surface area contributed by atoms with Crippen LogP contribution in [0, 0.1) is 5.82 Å². The van der Waals surface area contributed by atoms with Crippen LogP contribution in [0.4, 0.5) is 10.2 Å². The summed E-state index contributed by atoms with van der Waals surface area (Å²) in [5, 5.41) is 14.5. The van der Waals surface area contributed by atoms with Gasteiger partial charge >= 0.3 is 0 Å². The van der Waals surface area contributed by atoms with Crippen molar-refractivity contribution < 1.29 is 9.18 Å². The van der Waals surface area contributed by atoms with E-state index in [1.54, 1.807) is 25.5 Å². The second kappa shape index (κ2) is 5.72. The van der Waals surface area contributed by atoms with E-state index in [2.05, 4.69) is 25.6 Å². The summed E-state index contributed by atoms with van der Waals surface area (Å²) in [6.07, 6.45) is 5.81. The molecule has 0 atom stereocenters. The van der Waals surface area contributed by atoms with E-state index in [1.165, 1.54) is 21.7 Å². The Morgan fingerprint density at radius 3 is 2.82 bits per heavy atom. The van der Waals surface area contributed by atoms with Crippen molar-refractivity contribution in [1.82, 2.24) is 29.8 Å². The van der Waals surface area contributed by atoms with Gasteiger partial charge in [-0.2, -0.15) is 15.0 Å². The van der Waals surface area contributed by atoms with Crippen LogP contribution in [0.25, 0.3) is 11.3 Å². The number of pyridine rings is 1. The molecule has 1 amide bonds. The van der Waals surface area contributed by atoms with Gasteiger partial charge in [0.25, 0.3) is 0 Å². The van der Waals surface area contributed by atoms with Gasteiger partial charge in [0.05, 0.1) is 24.3 Å². The number of rotatable bonds is 4. The quantitative estimate of drug-likeness (QED) is 0.771. The second-order valence-electron chi connectivity index (χ2n) is 4.56. The zero-order chi connectivity index (χ0) is 15.5. The standard InChI is InChI=1S/C13H12FN7O/c1-20-16-6-12(19-20)18-13(22)8-21-7-9(4-17-21)11-3-2-10(14)5-15-11/h2-7H,8H2,1H3,(H,18,19,22). The van der Waals surface area contributed by atoms with Gasteiger partial charge < -0.3 is 5.32 Å². The number of halogens is 1. The number of nitrogens with zero attached hydrogens (tertiary/aromatic N) is 6. The number of aryl methyl sites for hydroxylation is 1. The lowest BCUT2D eigenvalue weighted by atomic mass is 10.2. The lowest BCUT2D eigenvalue weighted by molar-refractivity contribution is -0.116. The highest BCUT2D eigenvalue weighted by Gasteiger charge is 2.09. The van der Waals surface area contributed by atoms with E-state index in [4.69, 9.17) is 0 Å². The molecule has 3 aromatic heterocycles. The van der Waals surface area contributed by atoms with Crippen LogP contribution >= 0.6 is 0 Å². The Morgan fingerprint density at radius 1 is 1.27 bits per heavy atom. The average Bonchev–Trinajstić information content (AvgIpc) is 3.09. The van der Waals surface area contributed by atoms with Gasteiger partial charge in [0.2, 0.25) is 5.91 Å². The summed E-state index contributed by atoms with van der Waals surface area (Å²) in [5.41, 5.74) is 1.29. The second-order valence-corrected chi connectivity index (χ2v) is 4.56. The summed E-state index contributed by atoms with van der Waals surface area (Å²) >= 11 is 0. The smallest absolute Gasteiger partial charge is 0.247 e. The Morgan fingerprint density at radius 2 is 2.14 bits per heavy atom. The Bertz CT molecular complexity index is 793. The predicted molar refractivity (Wildman–Crippen MR) is 75.0 cm³/mol. The summed E-state index contributed by atoms with van der Waals surface area (Å²) < 4.78 is 14.3. The fourth-order valence-corrected chi connectivity index (χ4v) is 1.86. The molecular weight excluding hydrogens is 289 g/mol. The number of hydrogen-bond acceptors (Lipinski definition) is 5. The van der Waals surface area contributed by atoms with Crippen LogP contribution < -0.4 is 5.32 Å². The highest BCUT2D eigenvalue weighted by Crippen LogP contribution is 2.15. The van der Waals surface area contributed by atoms with Crippen molar-refractivity contribution in [3.8, 4) is 11.3 Å². The number of anilines is 1. The summed E-state index contributed by atoms with van der Waals surface area (Å²) in [6.45, 7) is 0.0256. The van der Waals surface area contributed by atoms with Crippen LogP contribution in [-0.2, 0) is 18.4 Å². The molecule has 22 heavy (non-hydrogen) atoms. The number of carbonyl (C=O) groups is 1. The van der Waals surface area contributed by atoms with Gasteiger partial charge in [0.15, 0.2) is 5.82 Å². The highest BCUT2D eigenvalue weighted by atomic mass is 19.1. The van der Waals surface area contributed by atoms with Crippen LogP contribution in [0.3, 0.4) is 0 Å². The van der Waals surface area contributed by atoms with E-state index in [0.29, 0.717) is 17.1 Å². The zero-order valence-corrected chi connectivity index (χ0v) is 11.6. The van der Waals surface area contributed by atoms with E-state index in [1.807, 2.05) is 0 Å². The summed E-state index contributed by atoms with van der Waals surface area (Å²) in [4.78, 5) is 17.2. The molecular formula is C13H12FN7O. The van der Waals surface area contributed by atoms with E-state index >= 15 is 0 Å². The van der Waals surface area contributed by atoms with E-state index in [0.717, 1.165) is 6.20 Å². The summed E-state index contributed by atoms with van der Waals surface area (Å²) in [6, 6.07) is 2.87. The first-order valence-corrected chi connectivity index (χ1v) is 6.41. The predicted octanol–water partition coefficient (Wildman–Crippen LogP) is 0.851. The summed E-state index contributed by atoms with van der Waals surface area (Å²) in [5.74, 6) is -0.304. The van der Waals surface area contributed by atoms with Gasteiger partial charge in [-0.3, -0.25) is 14.5 Å². The van der Waals surface area contributed by atoms with Crippen molar-refractivity contribution in [2.75, 3.05) is 5.32 Å². The molecule has 9 heteroatoms. The van der Waals surface area contributed by atoms with Crippen LogP contribution in [-0.4, -0.2) is 35.7 Å². The molecule has 0 aliphatic carbocycles. The van der Waals surface area contributed by atoms with Gasteiger partial charge in [-0.15, -0.1) is 5.10 Å². The van der Waals surface area contributed by atoms with Gasteiger partial charge in [-0.1, -0.05) is 0 Å². The van der Waals surface area contributed by atoms with Gasteiger partial charge in [-0.25, -0.2) is 4.39 Å². The van der Waals surface area contributed by atoms with E-state index < -0.39 is 5.82 Å². The lowest BCUT2D eigenvalue weighted by Crippen LogP contribution is -2.19. The maximum atomic E-state index is 12.8. The zero-order valence-electron chi connectivity index (χ0n) is 11.6. The highest BCUT2D eigenvalue weighted by molar-refractivity contribution is 5.89. The maximum Gasteiger partial charge on any atom is 0.247 e. The molecule has 0 fully saturated rings. The number of nitrogens with one attached hydrogen (secondary N) is 1. The third-order valence-corrected chi connectivity index (χ3v) is 2.83. The minimum atomic E-state index is -0.403. The normalized spacial score (nSPS) is 10.6. The van der Waals surface area contributed by atoms with Crippen molar-refractivity contribution in [2.45, 2.75) is 6.54 Å². The number of carbonyl (C=O) groups excluding carboxylic acids is 1. The van der Waals surface area contributed by atoms with E-state index in [-0.39, 0.29) is 12.5 Å². The molecule has 0 spiro atoms. The average molecular weight is 301 g/mol. The van der Waals surface area contributed by atoms with Crippen LogP contribution in [0.2, 0.25) is 0 Å². The molecule has 0 unspecified atom stereocenters. The molecule has 0 aliphatic rings. The molecule has 0 radical (unpaired) electrons. The first-order chi connectivity index (χ1) is 10.6. The van der Waals surface area contributed by atoms with Crippen LogP contribution in [0.1, 0.15) is 0 Å². The topological polar surface area (TPSA) is 90.5 Å². The molecule has 112 valence electrons. The third kappa shape index (κ3) is 3.14. The fourth-order valence-electron chi connectivity index (χ4n) is 1.86. The molecule has 8 nitrogen and oxygen atoms in total. The molecule has 0 aliphatic heterocycles. The SMILES string of the molecule is Cn1ncc(NC(=O)Cn2cc(-c3ccc(F)cn3)cn2)n1. The summed E-state index contributed by atoms with van der Waals surface area (Å²) in [7, 11) is 1.66. The fraction of sp³-hybridized carbons (Fsp3) is 0.154. The number of aromatic nitrogens is 6. The van der Waals surface area contributed by atoms with Gasteiger partial charge in [-0.05, 0) is 12.1 Å². The molecule has 3 rings (SSSR count). The van der Waals surface area contributed by atoms with Crippen molar-refractivity contribution in [2.24, 2.45) is 7.05 Å². The Hall–Kier alpha value is -3.10. The minimum absolute atomic E-state index is 0.0256. The van der Waals surface area contributed by atoms with E-state index in [9.17, 15) is 9.18 Å². The molecule has 0 bridgehead atoms. The van der Waals surface area contributed by atoms with Crippen molar-refractivity contribution in [1.29, 1.82) is 0 Å². The molecule has 0 saturated carbocycles. The Labute approximate surface area is 124 Å².